The van der Waals surface area contributed by atoms with Gasteiger partial charge in [0.25, 0.3) is 0 Å². The number of benzene rings is 1. The molecule has 1 N–H and O–H groups in total. The van der Waals surface area contributed by atoms with E-state index in [1.807, 2.05) is 36.4 Å². The van der Waals surface area contributed by atoms with Gasteiger partial charge in [0, 0.05) is 37.9 Å². The summed E-state index contributed by atoms with van der Waals surface area (Å²) >= 11 is 0. The molecule has 1 unspecified atom stereocenters. The molecule has 2 heterocycles. The van der Waals surface area contributed by atoms with E-state index < -0.39 is 0 Å². The Balaban J connectivity index is 1.60. The fraction of sp³-hybridized carbons (Fsp3) is 0.500. The number of piperidine rings is 1. The number of likely N-dealkylation sites (N-methyl/N-ethyl adjacent to an activating group) is 1. The molecule has 150 valence electrons. The van der Waals surface area contributed by atoms with Crippen molar-refractivity contribution in [3.63, 3.8) is 0 Å². The van der Waals surface area contributed by atoms with Crippen LogP contribution in [0, 0.1) is 5.92 Å². The third-order valence-electron chi connectivity index (χ3n) is 5.41. The molecule has 1 saturated heterocycles. The van der Waals surface area contributed by atoms with E-state index in [-0.39, 0.29) is 11.8 Å². The molecule has 6 heteroatoms. The summed E-state index contributed by atoms with van der Waals surface area (Å²) in [7, 11) is 0. The Kier molecular flexibility index (Phi) is 7.37. The van der Waals surface area contributed by atoms with Gasteiger partial charge < -0.3 is 15.1 Å². The lowest BCUT2D eigenvalue weighted by Gasteiger charge is -2.33. The number of nitrogens with one attached hydrogen (secondary N) is 1. The molecule has 1 atom stereocenters. The summed E-state index contributed by atoms with van der Waals surface area (Å²) in [4.78, 5) is 26.3. The van der Waals surface area contributed by atoms with E-state index in [2.05, 4.69) is 33.9 Å². The van der Waals surface area contributed by atoms with Crippen molar-refractivity contribution in [2.24, 2.45) is 5.92 Å². The summed E-state index contributed by atoms with van der Waals surface area (Å²) in [5.41, 5.74) is 1.01. The Morgan fingerprint density at radius 2 is 2.00 bits per heavy atom. The second-order valence-corrected chi connectivity index (χ2v) is 7.21. The van der Waals surface area contributed by atoms with E-state index in [1.54, 1.807) is 6.20 Å². The smallest absolute Gasteiger partial charge is 0.224 e. The van der Waals surface area contributed by atoms with Crippen LogP contribution in [0.2, 0.25) is 0 Å². The number of aromatic nitrogens is 2. The topological polar surface area (TPSA) is 61.4 Å². The zero-order valence-corrected chi connectivity index (χ0v) is 17.0. The summed E-state index contributed by atoms with van der Waals surface area (Å²) in [6.45, 7) is 9.58. The summed E-state index contributed by atoms with van der Waals surface area (Å²) in [5, 5.41) is 3.12. The third-order valence-corrected chi connectivity index (χ3v) is 5.41. The van der Waals surface area contributed by atoms with Gasteiger partial charge in [-0.05, 0) is 32.0 Å². The van der Waals surface area contributed by atoms with E-state index >= 15 is 0 Å². The van der Waals surface area contributed by atoms with Crippen LogP contribution in [0.4, 0.5) is 5.82 Å². The lowest BCUT2D eigenvalue weighted by Crippen LogP contribution is -2.45. The fourth-order valence-electron chi connectivity index (χ4n) is 3.67. The Morgan fingerprint density at radius 3 is 2.75 bits per heavy atom. The van der Waals surface area contributed by atoms with Crippen LogP contribution in [0.1, 0.15) is 26.7 Å². The number of rotatable bonds is 8. The van der Waals surface area contributed by atoms with Crippen LogP contribution >= 0.6 is 0 Å². The SMILES string of the molecule is CCN(CC)CCNC(=O)C1CCCN(c2ccnc(-c3ccccc3)n2)C1. The second-order valence-electron chi connectivity index (χ2n) is 7.21. The zero-order chi connectivity index (χ0) is 19.8. The van der Waals surface area contributed by atoms with Crippen molar-refractivity contribution in [1.82, 2.24) is 20.2 Å². The maximum absolute atomic E-state index is 12.6. The summed E-state index contributed by atoms with van der Waals surface area (Å²) in [6.07, 6.45) is 3.74. The minimum absolute atomic E-state index is 0.0144. The van der Waals surface area contributed by atoms with Gasteiger partial charge in [-0.25, -0.2) is 9.97 Å². The first-order valence-corrected chi connectivity index (χ1v) is 10.3. The molecular formula is C22H31N5O. The van der Waals surface area contributed by atoms with Crippen LogP contribution in [-0.4, -0.2) is 60.0 Å². The Labute approximate surface area is 168 Å². The number of nitrogens with zero attached hydrogens (tertiary/aromatic N) is 4. The summed E-state index contributed by atoms with van der Waals surface area (Å²) in [6, 6.07) is 11.9. The molecule has 3 rings (SSSR count). The van der Waals surface area contributed by atoms with E-state index in [1.165, 1.54) is 0 Å². The van der Waals surface area contributed by atoms with Crippen molar-refractivity contribution >= 4 is 11.7 Å². The minimum Gasteiger partial charge on any atom is -0.356 e. The lowest BCUT2D eigenvalue weighted by atomic mass is 9.97. The van der Waals surface area contributed by atoms with Gasteiger partial charge in [-0.1, -0.05) is 44.2 Å². The van der Waals surface area contributed by atoms with Gasteiger partial charge in [-0.3, -0.25) is 4.79 Å². The molecule has 2 aromatic rings. The maximum Gasteiger partial charge on any atom is 0.224 e. The number of hydrogen-bond acceptors (Lipinski definition) is 5. The van der Waals surface area contributed by atoms with Crippen molar-refractivity contribution in [3.8, 4) is 11.4 Å². The van der Waals surface area contributed by atoms with Gasteiger partial charge in [0.05, 0.1) is 5.92 Å². The van der Waals surface area contributed by atoms with Crippen LogP contribution in [0.5, 0.6) is 0 Å². The van der Waals surface area contributed by atoms with Crippen molar-refractivity contribution in [1.29, 1.82) is 0 Å². The minimum atomic E-state index is 0.0144. The molecule has 1 amide bonds. The van der Waals surface area contributed by atoms with E-state index in [9.17, 15) is 4.79 Å². The Morgan fingerprint density at radius 1 is 1.21 bits per heavy atom. The highest BCUT2D eigenvalue weighted by molar-refractivity contribution is 5.79. The maximum atomic E-state index is 12.6. The summed E-state index contributed by atoms with van der Waals surface area (Å²) in [5.74, 6) is 1.80. The van der Waals surface area contributed by atoms with E-state index in [0.29, 0.717) is 13.1 Å². The molecule has 1 fully saturated rings. The summed E-state index contributed by atoms with van der Waals surface area (Å²) < 4.78 is 0. The molecule has 1 aliphatic rings. The normalized spacial score (nSPS) is 17.0. The van der Waals surface area contributed by atoms with Crippen LogP contribution in [0.15, 0.2) is 42.6 Å². The first-order chi connectivity index (χ1) is 13.7. The largest absolute Gasteiger partial charge is 0.356 e. The van der Waals surface area contributed by atoms with Gasteiger partial charge in [0.2, 0.25) is 5.91 Å². The van der Waals surface area contributed by atoms with Crippen molar-refractivity contribution < 1.29 is 4.79 Å². The van der Waals surface area contributed by atoms with E-state index in [0.717, 1.165) is 56.2 Å². The Bertz CT molecular complexity index is 748. The van der Waals surface area contributed by atoms with Crippen molar-refractivity contribution in [3.05, 3.63) is 42.6 Å². The number of anilines is 1. The van der Waals surface area contributed by atoms with Gasteiger partial charge in [0.1, 0.15) is 5.82 Å². The van der Waals surface area contributed by atoms with Crippen molar-refractivity contribution in [2.45, 2.75) is 26.7 Å². The van der Waals surface area contributed by atoms with Crippen LogP contribution < -0.4 is 10.2 Å². The first kappa shape index (κ1) is 20.3. The first-order valence-electron chi connectivity index (χ1n) is 10.3. The zero-order valence-electron chi connectivity index (χ0n) is 17.0. The average Bonchev–Trinajstić information content (AvgIpc) is 2.77. The van der Waals surface area contributed by atoms with Gasteiger partial charge >= 0.3 is 0 Å². The monoisotopic (exact) mass is 381 g/mol. The van der Waals surface area contributed by atoms with Gasteiger partial charge in [-0.2, -0.15) is 0 Å². The highest BCUT2D eigenvalue weighted by atomic mass is 16.1. The molecule has 0 spiro atoms. The predicted molar refractivity (Wildman–Crippen MR) is 113 cm³/mol. The number of amides is 1. The molecule has 0 saturated carbocycles. The lowest BCUT2D eigenvalue weighted by molar-refractivity contribution is -0.125. The fourth-order valence-corrected chi connectivity index (χ4v) is 3.67. The van der Waals surface area contributed by atoms with Crippen molar-refractivity contribution in [2.75, 3.05) is 44.2 Å². The molecule has 6 nitrogen and oxygen atoms in total. The standard InChI is InChI=1S/C22H31N5O/c1-3-26(4-2)16-14-24-22(28)19-11-8-15-27(17-19)20-12-13-23-21(25-20)18-9-6-5-7-10-18/h5-7,9-10,12-13,19H,3-4,8,11,14-17H2,1-2H3,(H,24,28). The van der Waals surface area contributed by atoms with Gasteiger partial charge in [-0.15, -0.1) is 0 Å². The molecule has 0 aliphatic carbocycles. The quantitative estimate of drug-likeness (QED) is 0.762. The molecule has 28 heavy (non-hydrogen) atoms. The van der Waals surface area contributed by atoms with Crippen LogP contribution in [0.25, 0.3) is 11.4 Å². The predicted octanol–water partition coefficient (Wildman–Crippen LogP) is 2.82. The Hall–Kier alpha value is -2.47. The molecule has 1 aromatic carbocycles. The van der Waals surface area contributed by atoms with Gasteiger partial charge in [0.15, 0.2) is 5.82 Å². The van der Waals surface area contributed by atoms with Crippen LogP contribution in [-0.2, 0) is 4.79 Å². The molecule has 1 aromatic heterocycles. The molecular weight excluding hydrogens is 350 g/mol. The third kappa shape index (κ3) is 5.29. The highest BCUT2D eigenvalue weighted by Gasteiger charge is 2.26. The number of hydrogen-bond donors (Lipinski definition) is 1. The highest BCUT2D eigenvalue weighted by Crippen LogP contribution is 2.23. The molecule has 0 radical (unpaired) electrons. The number of carbonyl (C=O) groups excluding carboxylic acids is 1. The average molecular weight is 382 g/mol. The number of carbonyl (C=O) groups is 1. The van der Waals surface area contributed by atoms with E-state index in [4.69, 9.17) is 4.98 Å². The molecule has 1 aliphatic heterocycles. The second kappa shape index (κ2) is 10.2. The van der Waals surface area contributed by atoms with Crippen LogP contribution in [0.3, 0.4) is 0 Å². The molecule has 0 bridgehead atoms.